The molecule has 94 valence electrons. The summed E-state index contributed by atoms with van der Waals surface area (Å²) in [5, 5.41) is 17.7. The number of imidazole rings is 1. The first-order chi connectivity index (χ1) is 8.49. The van der Waals surface area contributed by atoms with Crippen LogP contribution in [0.25, 0.3) is 5.52 Å². The van der Waals surface area contributed by atoms with Crippen molar-refractivity contribution >= 4 is 29.1 Å². The molecule has 0 aliphatic heterocycles. The first-order valence-electron chi connectivity index (χ1n) is 5.10. The summed E-state index contributed by atoms with van der Waals surface area (Å²) in [7, 11) is 0. The van der Waals surface area contributed by atoms with E-state index in [1.807, 2.05) is 0 Å². The third kappa shape index (κ3) is 2.28. The lowest BCUT2D eigenvalue weighted by Gasteiger charge is -2.00. The molecule has 7 heteroatoms. The Morgan fingerprint density at radius 3 is 2.72 bits per heavy atom. The Balaban J connectivity index is 2.45. The second kappa shape index (κ2) is 4.66. The van der Waals surface area contributed by atoms with Gasteiger partial charge in [0, 0.05) is 12.6 Å². The van der Waals surface area contributed by atoms with Gasteiger partial charge in [-0.15, -0.1) is 0 Å². The number of carboxylic acid groups (broad SMARTS) is 2. The molecule has 2 heterocycles. The van der Waals surface area contributed by atoms with Crippen molar-refractivity contribution in [3.8, 4) is 0 Å². The number of aliphatic carboxylic acids is 1. The predicted molar refractivity (Wildman–Crippen MR) is 63.1 cm³/mol. The molecule has 0 aliphatic rings. The van der Waals surface area contributed by atoms with E-state index in [4.69, 9.17) is 21.8 Å². The van der Waals surface area contributed by atoms with Crippen molar-refractivity contribution in [2.45, 2.75) is 12.8 Å². The highest BCUT2D eigenvalue weighted by Gasteiger charge is 2.13. The number of pyridine rings is 1. The highest BCUT2D eigenvalue weighted by molar-refractivity contribution is 6.32. The van der Waals surface area contributed by atoms with E-state index in [0.29, 0.717) is 11.3 Å². The van der Waals surface area contributed by atoms with Crippen LogP contribution in [-0.2, 0) is 11.2 Å². The van der Waals surface area contributed by atoms with E-state index < -0.39 is 11.9 Å². The molecule has 0 saturated carbocycles. The number of carboxylic acids is 2. The Kier molecular flexibility index (Phi) is 3.20. The zero-order valence-electron chi connectivity index (χ0n) is 9.13. The Hall–Kier alpha value is -2.08. The van der Waals surface area contributed by atoms with Crippen LogP contribution in [0.2, 0.25) is 5.15 Å². The van der Waals surface area contributed by atoms with Gasteiger partial charge in [-0.3, -0.25) is 4.79 Å². The fourth-order valence-corrected chi connectivity index (χ4v) is 1.88. The number of nitrogens with zero attached hydrogens (tertiary/aromatic N) is 2. The minimum absolute atomic E-state index is 0.0594. The van der Waals surface area contributed by atoms with Crippen molar-refractivity contribution in [3.05, 3.63) is 34.9 Å². The van der Waals surface area contributed by atoms with Crippen LogP contribution in [0.15, 0.2) is 18.3 Å². The van der Waals surface area contributed by atoms with Crippen molar-refractivity contribution < 1.29 is 19.8 Å². The molecule has 0 aromatic carbocycles. The molecule has 2 N–H and O–H groups in total. The highest BCUT2D eigenvalue weighted by atomic mass is 35.5. The molecule has 0 amide bonds. The van der Waals surface area contributed by atoms with Crippen LogP contribution in [0.4, 0.5) is 0 Å². The molecule has 0 fully saturated rings. The maximum absolute atomic E-state index is 10.8. The van der Waals surface area contributed by atoms with E-state index >= 15 is 0 Å². The Labute approximate surface area is 106 Å². The second-order valence-electron chi connectivity index (χ2n) is 3.69. The summed E-state index contributed by atoms with van der Waals surface area (Å²) in [4.78, 5) is 25.4. The number of rotatable bonds is 4. The number of hydrogen-bond acceptors (Lipinski definition) is 3. The molecule has 2 rings (SSSR count). The van der Waals surface area contributed by atoms with Gasteiger partial charge in [0.05, 0.1) is 17.5 Å². The van der Waals surface area contributed by atoms with Crippen LogP contribution >= 0.6 is 11.6 Å². The number of aromatic nitrogens is 2. The summed E-state index contributed by atoms with van der Waals surface area (Å²) in [6, 6.07) is 2.82. The fourth-order valence-electron chi connectivity index (χ4n) is 1.64. The quantitative estimate of drug-likeness (QED) is 0.880. The summed E-state index contributed by atoms with van der Waals surface area (Å²) in [5.41, 5.74) is 0.561. The standard InChI is InChI=1S/C11H9ClN2O4/c12-10-7-5-6(11(17)18)3-4-14(7)8(13-10)1-2-9(15)16/h3-5H,1-2H2,(H,15,16)(H,17,18). The Morgan fingerprint density at radius 2 is 2.11 bits per heavy atom. The normalized spacial score (nSPS) is 10.7. The smallest absolute Gasteiger partial charge is 0.335 e. The van der Waals surface area contributed by atoms with Gasteiger partial charge in [-0.1, -0.05) is 11.6 Å². The predicted octanol–water partition coefficient (Wildman–Crippen LogP) is 1.70. The minimum Gasteiger partial charge on any atom is -0.481 e. The molecule has 18 heavy (non-hydrogen) atoms. The Bertz CT molecular complexity index is 635. The summed E-state index contributed by atoms with van der Waals surface area (Å²) in [5.74, 6) is -1.48. The number of carbonyl (C=O) groups is 2. The van der Waals surface area contributed by atoms with E-state index in [9.17, 15) is 9.59 Å². The lowest BCUT2D eigenvalue weighted by atomic mass is 10.2. The molecular formula is C11H9ClN2O4. The maximum Gasteiger partial charge on any atom is 0.335 e. The number of hydrogen-bond donors (Lipinski definition) is 2. The monoisotopic (exact) mass is 268 g/mol. The zero-order valence-corrected chi connectivity index (χ0v) is 9.89. The van der Waals surface area contributed by atoms with Gasteiger partial charge in [0.15, 0.2) is 5.15 Å². The highest BCUT2D eigenvalue weighted by Crippen LogP contribution is 2.20. The van der Waals surface area contributed by atoms with Crippen LogP contribution in [0.5, 0.6) is 0 Å². The van der Waals surface area contributed by atoms with Crippen molar-refractivity contribution in [2.75, 3.05) is 0 Å². The van der Waals surface area contributed by atoms with Crippen LogP contribution in [0, 0.1) is 0 Å². The maximum atomic E-state index is 10.8. The SMILES string of the molecule is O=C(O)CCc1nc(Cl)c2cc(C(=O)O)ccn12. The third-order valence-electron chi connectivity index (χ3n) is 2.48. The van der Waals surface area contributed by atoms with Crippen molar-refractivity contribution in [3.63, 3.8) is 0 Å². The summed E-state index contributed by atoms with van der Waals surface area (Å²) >= 11 is 5.90. The molecule has 6 nitrogen and oxygen atoms in total. The van der Waals surface area contributed by atoms with Gasteiger partial charge in [-0.25, -0.2) is 9.78 Å². The summed E-state index contributed by atoms with van der Waals surface area (Å²) < 4.78 is 1.59. The number of aromatic carboxylic acids is 1. The fraction of sp³-hybridized carbons (Fsp3) is 0.182. The van der Waals surface area contributed by atoms with Gasteiger partial charge in [0.2, 0.25) is 0 Å². The topological polar surface area (TPSA) is 91.9 Å². The van der Waals surface area contributed by atoms with E-state index in [0.717, 1.165) is 0 Å². The van der Waals surface area contributed by atoms with Crippen molar-refractivity contribution in [1.29, 1.82) is 0 Å². The van der Waals surface area contributed by atoms with Gasteiger partial charge < -0.3 is 14.6 Å². The molecule has 0 radical (unpaired) electrons. The Morgan fingerprint density at radius 1 is 1.39 bits per heavy atom. The van der Waals surface area contributed by atoms with Gasteiger partial charge in [0.1, 0.15) is 5.82 Å². The molecule has 0 aliphatic carbocycles. The van der Waals surface area contributed by atoms with Crippen molar-refractivity contribution in [1.82, 2.24) is 9.38 Å². The lowest BCUT2D eigenvalue weighted by molar-refractivity contribution is -0.137. The third-order valence-corrected chi connectivity index (χ3v) is 2.76. The van der Waals surface area contributed by atoms with E-state index in [2.05, 4.69) is 4.98 Å². The second-order valence-corrected chi connectivity index (χ2v) is 4.05. The van der Waals surface area contributed by atoms with E-state index in [1.165, 1.54) is 18.3 Å². The van der Waals surface area contributed by atoms with E-state index in [-0.39, 0.29) is 23.6 Å². The van der Waals surface area contributed by atoms with Gasteiger partial charge >= 0.3 is 11.9 Å². The molecule has 0 unspecified atom stereocenters. The summed E-state index contributed by atoms with van der Waals surface area (Å²) in [6.45, 7) is 0. The molecule has 0 atom stereocenters. The molecule has 0 bridgehead atoms. The molecule has 2 aromatic heterocycles. The van der Waals surface area contributed by atoms with Crippen LogP contribution in [0.1, 0.15) is 22.6 Å². The van der Waals surface area contributed by atoms with Gasteiger partial charge in [-0.2, -0.15) is 0 Å². The van der Waals surface area contributed by atoms with Crippen LogP contribution < -0.4 is 0 Å². The minimum atomic E-state index is -1.05. The number of aryl methyl sites for hydroxylation is 1. The van der Waals surface area contributed by atoms with Crippen molar-refractivity contribution in [2.24, 2.45) is 0 Å². The lowest BCUT2D eigenvalue weighted by Crippen LogP contribution is -2.02. The molecule has 0 spiro atoms. The average Bonchev–Trinajstić information content (AvgIpc) is 2.63. The van der Waals surface area contributed by atoms with Crippen LogP contribution in [-0.4, -0.2) is 31.5 Å². The van der Waals surface area contributed by atoms with E-state index in [1.54, 1.807) is 4.40 Å². The average molecular weight is 269 g/mol. The largest absolute Gasteiger partial charge is 0.481 e. The zero-order chi connectivity index (χ0) is 13.3. The summed E-state index contributed by atoms with van der Waals surface area (Å²) in [6.07, 6.45) is 1.70. The number of fused-ring (bicyclic) bond motifs is 1. The van der Waals surface area contributed by atoms with Gasteiger partial charge in [0.25, 0.3) is 0 Å². The first kappa shape index (κ1) is 12.4. The molecule has 2 aromatic rings. The number of halogens is 1. The molecule has 0 saturated heterocycles. The van der Waals surface area contributed by atoms with Gasteiger partial charge in [-0.05, 0) is 12.1 Å². The molecular weight excluding hydrogens is 260 g/mol. The first-order valence-corrected chi connectivity index (χ1v) is 5.48. The van der Waals surface area contributed by atoms with Crippen LogP contribution in [0.3, 0.4) is 0 Å².